The number of nitrogens with one attached hydrogen (secondary N) is 1. The Balaban J connectivity index is 1.47. The third kappa shape index (κ3) is 6.23. The Labute approximate surface area is 288 Å². The van der Waals surface area contributed by atoms with E-state index in [2.05, 4.69) is 15.7 Å². The number of likely N-dealkylation sites (N-methyl/N-ethyl adjacent to an activating group) is 1. The van der Waals surface area contributed by atoms with Gasteiger partial charge in [-0.1, -0.05) is 36.7 Å². The van der Waals surface area contributed by atoms with E-state index in [1.165, 1.54) is 43.1 Å². The van der Waals surface area contributed by atoms with E-state index >= 15 is 0 Å². The number of fused-ring (bicyclic) bond motifs is 4. The van der Waals surface area contributed by atoms with E-state index in [-0.39, 0.29) is 17.9 Å². The fourth-order valence-electron chi connectivity index (χ4n) is 8.04. The van der Waals surface area contributed by atoms with Crippen LogP contribution in [0.2, 0.25) is 5.02 Å². The number of sulfonamides is 1. The molecule has 7 atom stereocenters. The van der Waals surface area contributed by atoms with Gasteiger partial charge in [-0.2, -0.15) is 0 Å². The molecule has 2 bridgehead atoms. The topological polar surface area (TPSA) is 136 Å². The SMILES string of the molecule is C[C@@H]1[C@@H](C)C/C=C/[C@@](O)([C@H](O)C(=O)N(C)C)[C@@H]2CC[C@H]2CN2C[C@@]3(CCCc4cc(Cl)ccc43)COc3ccc(cc32)C(=O)NS1(=O)=O. The lowest BCUT2D eigenvalue weighted by Crippen LogP contribution is -2.60. The number of aliphatic hydroxyl groups excluding tert-OH is 1. The van der Waals surface area contributed by atoms with Gasteiger partial charge in [-0.15, -0.1) is 0 Å². The monoisotopic (exact) mass is 699 g/mol. The van der Waals surface area contributed by atoms with Crippen molar-refractivity contribution >= 4 is 39.1 Å². The Morgan fingerprint density at radius 3 is 2.65 bits per heavy atom. The van der Waals surface area contributed by atoms with Gasteiger partial charge >= 0.3 is 0 Å². The van der Waals surface area contributed by atoms with Crippen LogP contribution in [0.5, 0.6) is 5.75 Å². The van der Waals surface area contributed by atoms with Gasteiger partial charge in [0.25, 0.3) is 11.8 Å². The molecular weight excluding hydrogens is 654 g/mol. The highest BCUT2D eigenvalue weighted by Crippen LogP contribution is 2.49. The molecule has 3 N–H and O–H groups in total. The van der Waals surface area contributed by atoms with Gasteiger partial charge in [0, 0.05) is 43.2 Å². The molecule has 0 radical (unpaired) electrons. The highest BCUT2D eigenvalue weighted by Gasteiger charge is 2.53. The van der Waals surface area contributed by atoms with Crippen LogP contribution in [-0.2, 0) is 26.7 Å². The van der Waals surface area contributed by atoms with Gasteiger partial charge in [0.05, 0.1) is 17.5 Å². The Kier molecular flexibility index (Phi) is 9.38. The Bertz CT molecular complexity index is 1730. The normalized spacial score (nSPS) is 32.7. The molecule has 6 rings (SSSR count). The molecule has 2 aliphatic heterocycles. The first kappa shape index (κ1) is 34.7. The number of amides is 2. The molecule has 0 saturated heterocycles. The second-order valence-corrected chi connectivity index (χ2v) is 17.0. The number of nitrogens with zero attached hydrogens (tertiary/aromatic N) is 2. The molecule has 2 heterocycles. The lowest BCUT2D eigenvalue weighted by molar-refractivity contribution is -0.163. The first-order chi connectivity index (χ1) is 22.6. The smallest absolute Gasteiger partial charge is 0.264 e. The summed E-state index contributed by atoms with van der Waals surface area (Å²) in [5.41, 5.74) is 0.917. The highest BCUT2D eigenvalue weighted by atomic mass is 35.5. The zero-order valence-corrected chi connectivity index (χ0v) is 29.6. The summed E-state index contributed by atoms with van der Waals surface area (Å²) in [5.74, 6) is -1.75. The van der Waals surface area contributed by atoms with E-state index in [4.69, 9.17) is 16.3 Å². The van der Waals surface area contributed by atoms with E-state index in [1.54, 1.807) is 31.2 Å². The van der Waals surface area contributed by atoms with Gasteiger partial charge in [0.15, 0.2) is 6.10 Å². The van der Waals surface area contributed by atoms with Gasteiger partial charge in [-0.3, -0.25) is 9.59 Å². The molecule has 1 saturated carbocycles. The molecule has 2 aromatic rings. The quantitative estimate of drug-likeness (QED) is 0.400. The number of hydrogen-bond acceptors (Lipinski definition) is 8. The van der Waals surface area contributed by atoms with Gasteiger partial charge in [-0.05, 0) is 105 Å². The number of allylic oxidation sites excluding steroid dienone is 1. The second-order valence-electron chi connectivity index (χ2n) is 14.6. The van der Waals surface area contributed by atoms with Gasteiger partial charge in [-0.25, -0.2) is 13.1 Å². The number of carbonyl (C=O) groups is 2. The van der Waals surface area contributed by atoms with E-state index in [9.17, 15) is 28.2 Å². The summed E-state index contributed by atoms with van der Waals surface area (Å²) in [5, 5.41) is 23.4. The van der Waals surface area contributed by atoms with Crippen LogP contribution in [0.25, 0.3) is 0 Å². The number of rotatable bonds is 2. The molecule has 2 aliphatic carbocycles. The Hall–Kier alpha value is -3.12. The van der Waals surface area contributed by atoms with Crippen LogP contribution in [0, 0.1) is 17.8 Å². The molecule has 12 heteroatoms. The number of aliphatic hydroxyl groups is 2. The maximum atomic E-state index is 13.5. The van der Waals surface area contributed by atoms with Crippen molar-refractivity contribution in [3.05, 3.63) is 70.3 Å². The van der Waals surface area contributed by atoms with E-state index in [1.807, 2.05) is 12.1 Å². The first-order valence-electron chi connectivity index (χ1n) is 16.8. The molecule has 4 aliphatic rings. The third-order valence-corrected chi connectivity index (χ3v) is 13.4. The van der Waals surface area contributed by atoms with E-state index in [0.29, 0.717) is 42.6 Å². The maximum Gasteiger partial charge on any atom is 0.264 e. The number of halogens is 1. The summed E-state index contributed by atoms with van der Waals surface area (Å²) in [6, 6.07) is 11.0. The minimum absolute atomic E-state index is 0.109. The number of aryl methyl sites for hydroxylation is 1. The predicted molar refractivity (Wildman–Crippen MR) is 185 cm³/mol. The zero-order valence-electron chi connectivity index (χ0n) is 28.0. The molecule has 2 amide bonds. The summed E-state index contributed by atoms with van der Waals surface area (Å²) in [7, 11) is -1.00. The average Bonchev–Trinajstić information content (AvgIpc) is 3.17. The molecule has 48 heavy (non-hydrogen) atoms. The van der Waals surface area contributed by atoms with Crippen molar-refractivity contribution in [3.63, 3.8) is 0 Å². The molecule has 0 unspecified atom stereocenters. The van der Waals surface area contributed by atoms with Crippen molar-refractivity contribution in [1.82, 2.24) is 9.62 Å². The standard InChI is InChI=1S/C36H46ClN3O7S/c1-22-7-5-16-36(44,32(41)34(43)39(3)4)29-12-9-26(29)19-40-20-35(15-6-8-24-17-27(37)11-13-28(24)35)21-47-31-14-10-25(18-30(31)40)33(42)38-48(45,46)23(22)2/h5,10-11,13-14,16-18,22-23,26,29,32,41,44H,6-9,12,15,19-21H2,1-4H3,(H,38,42)/b16-5+/t22-,23+,26-,29+,32+,35-,36-/m0/s1. The van der Waals surface area contributed by atoms with Crippen molar-refractivity contribution in [2.75, 3.05) is 38.7 Å². The summed E-state index contributed by atoms with van der Waals surface area (Å²) in [6.45, 7) is 4.69. The van der Waals surface area contributed by atoms with Crippen LogP contribution < -0.4 is 14.4 Å². The summed E-state index contributed by atoms with van der Waals surface area (Å²) in [4.78, 5) is 30.1. The van der Waals surface area contributed by atoms with E-state index < -0.39 is 56.0 Å². The third-order valence-electron chi connectivity index (χ3n) is 11.3. The van der Waals surface area contributed by atoms with Crippen LogP contribution in [0.4, 0.5) is 5.69 Å². The van der Waals surface area contributed by atoms with Crippen molar-refractivity contribution in [3.8, 4) is 5.75 Å². The van der Waals surface area contributed by atoms with E-state index in [0.717, 1.165) is 25.7 Å². The zero-order chi connectivity index (χ0) is 34.6. The number of ether oxygens (including phenoxy) is 1. The first-order valence-corrected chi connectivity index (χ1v) is 18.7. The Morgan fingerprint density at radius 2 is 1.94 bits per heavy atom. The number of carbonyl (C=O) groups excluding carboxylic acids is 2. The molecule has 10 nitrogen and oxygen atoms in total. The van der Waals surface area contributed by atoms with Crippen LogP contribution in [-0.4, -0.2) is 86.1 Å². The summed E-state index contributed by atoms with van der Waals surface area (Å²) >= 11 is 6.41. The van der Waals surface area contributed by atoms with Crippen molar-refractivity contribution in [2.24, 2.45) is 17.8 Å². The van der Waals surface area contributed by atoms with Crippen LogP contribution >= 0.6 is 11.6 Å². The molecule has 1 spiro atoms. The molecule has 260 valence electrons. The lowest BCUT2D eigenvalue weighted by Gasteiger charge is -2.50. The molecule has 0 aromatic heterocycles. The average molecular weight is 700 g/mol. The minimum Gasteiger partial charge on any atom is -0.490 e. The van der Waals surface area contributed by atoms with Crippen molar-refractivity contribution in [1.29, 1.82) is 0 Å². The number of benzene rings is 2. The van der Waals surface area contributed by atoms with Gasteiger partial charge in [0.1, 0.15) is 11.4 Å². The van der Waals surface area contributed by atoms with Crippen LogP contribution in [0.15, 0.2) is 48.6 Å². The fraction of sp³-hybridized carbons (Fsp3) is 0.556. The van der Waals surface area contributed by atoms with Crippen molar-refractivity contribution < 1.29 is 33.0 Å². The fourth-order valence-corrected chi connectivity index (χ4v) is 9.52. The maximum absolute atomic E-state index is 13.5. The Morgan fingerprint density at radius 1 is 1.17 bits per heavy atom. The van der Waals surface area contributed by atoms with Crippen molar-refractivity contribution in [2.45, 2.75) is 74.7 Å². The number of anilines is 1. The minimum atomic E-state index is -4.08. The molecule has 1 fully saturated rings. The summed E-state index contributed by atoms with van der Waals surface area (Å²) < 4.78 is 35.6. The molecule has 2 aromatic carbocycles. The molecular formula is C36H46ClN3O7S. The van der Waals surface area contributed by atoms with Crippen LogP contribution in [0.1, 0.15) is 67.4 Å². The lowest BCUT2D eigenvalue weighted by atomic mass is 9.62. The van der Waals surface area contributed by atoms with Crippen LogP contribution in [0.3, 0.4) is 0 Å². The van der Waals surface area contributed by atoms with Gasteiger partial charge < -0.3 is 24.7 Å². The summed E-state index contributed by atoms with van der Waals surface area (Å²) in [6.07, 6.45) is 5.76. The highest BCUT2D eigenvalue weighted by molar-refractivity contribution is 7.90. The van der Waals surface area contributed by atoms with Gasteiger partial charge in [0.2, 0.25) is 10.0 Å². The predicted octanol–water partition coefficient (Wildman–Crippen LogP) is 4.06. The largest absolute Gasteiger partial charge is 0.490 e. The number of hydrogen-bond donors (Lipinski definition) is 3. The second kappa shape index (κ2) is 13.0.